The topological polar surface area (TPSA) is 75.6 Å². The Bertz CT molecular complexity index is 1390. The highest BCUT2D eigenvalue weighted by molar-refractivity contribution is 7.13. The number of rotatable bonds is 9. The van der Waals surface area contributed by atoms with Crippen LogP contribution in [0.4, 0.5) is 28.4 Å². The lowest BCUT2D eigenvalue weighted by Gasteiger charge is -2.08. The van der Waals surface area contributed by atoms with Crippen LogP contribution in [0.1, 0.15) is 22.4 Å². The number of thiazole rings is 1. The summed E-state index contributed by atoms with van der Waals surface area (Å²) >= 11 is 1.17. The van der Waals surface area contributed by atoms with Gasteiger partial charge in [0.15, 0.2) is 5.13 Å². The molecule has 4 aromatic rings. The van der Waals surface area contributed by atoms with E-state index in [1.165, 1.54) is 41.8 Å². The van der Waals surface area contributed by atoms with Crippen LogP contribution in [0.15, 0.2) is 83.3 Å². The summed E-state index contributed by atoms with van der Waals surface area (Å²) in [5.41, 5.74) is 3.78. The summed E-state index contributed by atoms with van der Waals surface area (Å²) in [5.74, 6) is -0.123. The number of hydrogen-bond donors (Lipinski definition) is 2. The van der Waals surface area contributed by atoms with Crippen molar-refractivity contribution in [3.05, 3.63) is 106 Å². The number of hydrazone groups is 1. The summed E-state index contributed by atoms with van der Waals surface area (Å²) in [7, 11) is 0. The third-order valence-corrected chi connectivity index (χ3v) is 5.72. The molecule has 11 heteroatoms. The maximum Gasteiger partial charge on any atom is 0.416 e. The third-order valence-electron chi connectivity index (χ3n) is 4.91. The van der Waals surface area contributed by atoms with Crippen molar-refractivity contribution < 1.29 is 27.1 Å². The lowest BCUT2D eigenvalue weighted by Crippen LogP contribution is -2.19. The van der Waals surface area contributed by atoms with Gasteiger partial charge in [-0.2, -0.15) is 18.3 Å². The molecule has 1 amide bonds. The molecule has 2 N–H and O–H groups in total. The molecule has 4 rings (SSSR count). The minimum Gasteiger partial charge on any atom is -0.489 e. The molecule has 0 aliphatic carbocycles. The molecule has 0 radical (unpaired) electrons. The number of aromatic nitrogens is 1. The second-order valence-electron chi connectivity index (χ2n) is 7.81. The van der Waals surface area contributed by atoms with Gasteiger partial charge in [0.05, 0.1) is 23.9 Å². The van der Waals surface area contributed by atoms with Gasteiger partial charge in [0.1, 0.15) is 18.2 Å². The maximum atomic E-state index is 13.2. The highest BCUT2D eigenvalue weighted by Gasteiger charge is 2.30. The van der Waals surface area contributed by atoms with Gasteiger partial charge < -0.3 is 10.1 Å². The lowest BCUT2D eigenvalue weighted by atomic mass is 10.2. The normalized spacial score (nSPS) is 11.5. The van der Waals surface area contributed by atoms with Gasteiger partial charge in [-0.05, 0) is 65.7 Å². The fourth-order valence-electron chi connectivity index (χ4n) is 3.17. The molecule has 0 aliphatic rings. The van der Waals surface area contributed by atoms with Gasteiger partial charge in [-0.3, -0.25) is 4.79 Å². The first kappa shape index (κ1) is 25.8. The molecule has 0 unspecified atom stereocenters. The summed E-state index contributed by atoms with van der Waals surface area (Å²) in [6.45, 7) is 0.231. The quantitative estimate of drug-likeness (QED) is 0.152. The van der Waals surface area contributed by atoms with E-state index in [2.05, 4.69) is 20.8 Å². The van der Waals surface area contributed by atoms with Crippen LogP contribution >= 0.6 is 11.3 Å². The van der Waals surface area contributed by atoms with Crippen LogP contribution in [-0.4, -0.2) is 17.1 Å². The molecule has 0 bridgehead atoms. The van der Waals surface area contributed by atoms with E-state index in [0.717, 1.165) is 17.7 Å². The number of ether oxygens (including phenoxy) is 1. The molecule has 3 aromatic carbocycles. The average molecular weight is 529 g/mol. The van der Waals surface area contributed by atoms with Crippen molar-refractivity contribution in [2.24, 2.45) is 5.10 Å². The van der Waals surface area contributed by atoms with Crippen molar-refractivity contribution in [1.29, 1.82) is 0 Å². The zero-order chi connectivity index (χ0) is 26.3. The largest absolute Gasteiger partial charge is 0.489 e. The van der Waals surface area contributed by atoms with Crippen LogP contribution in [0.2, 0.25) is 0 Å². The molecular formula is C26H20F4N4O2S. The minimum atomic E-state index is -4.44. The predicted octanol–water partition coefficient (Wildman–Crippen LogP) is 6.32. The number of amides is 1. The highest BCUT2D eigenvalue weighted by atomic mass is 32.1. The monoisotopic (exact) mass is 528 g/mol. The first-order chi connectivity index (χ1) is 17.7. The number of alkyl halides is 3. The predicted molar refractivity (Wildman–Crippen MR) is 133 cm³/mol. The van der Waals surface area contributed by atoms with Crippen molar-refractivity contribution in [3.63, 3.8) is 0 Å². The van der Waals surface area contributed by atoms with Crippen molar-refractivity contribution in [3.8, 4) is 5.75 Å². The highest BCUT2D eigenvalue weighted by Crippen LogP contribution is 2.31. The molecule has 0 saturated carbocycles. The second-order valence-corrected chi connectivity index (χ2v) is 8.66. The molecule has 190 valence electrons. The number of carbonyl (C=O) groups is 1. The smallest absolute Gasteiger partial charge is 0.416 e. The maximum absolute atomic E-state index is 13.2. The van der Waals surface area contributed by atoms with E-state index >= 15 is 0 Å². The Hall–Kier alpha value is -4.25. The Morgan fingerprint density at radius 2 is 1.84 bits per heavy atom. The SMILES string of the molecule is O=C(Cc1csc(Nc2cccc(C(F)(F)F)c2)n1)N/N=C\c1ccc(OCc2cccc(F)c2)cc1. The third kappa shape index (κ3) is 7.87. The molecule has 0 fully saturated rings. The molecular weight excluding hydrogens is 508 g/mol. The zero-order valence-electron chi connectivity index (χ0n) is 19.1. The van der Waals surface area contributed by atoms with Crippen LogP contribution in [0.25, 0.3) is 0 Å². The Balaban J connectivity index is 1.24. The van der Waals surface area contributed by atoms with E-state index in [9.17, 15) is 22.4 Å². The van der Waals surface area contributed by atoms with Crippen LogP contribution in [-0.2, 0) is 24.0 Å². The Morgan fingerprint density at radius 1 is 1.05 bits per heavy atom. The van der Waals surface area contributed by atoms with Crippen LogP contribution < -0.4 is 15.5 Å². The van der Waals surface area contributed by atoms with E-state index in [1.54, 1.807) is 41.8 Å². The minimum absolute atomic E-state index is 0.0506. The van der Waals surface area contributed by atoms with E-state index in [4.69, 9.17) is 4.74 Å². The number of carbonyl (C=O) groups excluding carboxylic acids is 1. The molecule has 1 aromatic heterocycles. The van der Waals surface area contributed by atoms with Crippen molar-refractivity contribution >= 4 is 34.3 Å². The molecule has 37 heavy (non-hydrogen) atoms. The second kappa shape index (κ2) is 11.7. The number of nitrogens with zero attached hydrogens (tertiary/aromatic N) is 2. The van der Waals surface area contributed by atoms with E-state index < -0.39 is 17.6 Å². The summed E-state index contributed by atoms with van der Waals surface area (Å²) in [6, 6.07) is 17.9. The number of benzene rings is 3. The van der Waals surface area contributed by atoms with Crippen molar-refractivity contribution in [1.82, 2.24) is 10.4 Å². The molecule has 1 heterocycles. The fraction of sp³-hybridized carbons (Fsp3) is 0.115. The van der Waals surface area contributed by atoms with Crippen LogP contribution in [0.3, 0.4) is 0 Å². The summed E-state index contributed by atoms with van der Waals surface area (Å²) < 4.78 is 57.5. The zero-order valence-corrected chi connectivity index (χ0v) is 19.9. The standard InChI is InChI=1S/C26H20F4N4O2S/c27-20-5-1-3-18(11-20)15-36-23-9-7-17(8-10-23)14-31-34-24(35)13-22-16-37-25(33-22)32-21-6-2-4-19(12-21)26(28,29)30/h1-12,14,16H,13,15H2,(H,32,33)(H,34,35)/b31-14-. The van der Waals surface area contributed by atoms with Gasteiger partial charge in [-0.15, -0.1) is 11.3 Å². The Labute approximate surface area is 213 Å². The van der Waals surface area contributed by atoms with Gasteiger partial charge in [-0.1, -0.05) is 18.2 Å². The molecule has 0 atom stereocenters. The Morgan fingerprint density at radius 3 is 2.59 bits per heavy atom. The summed E-state index contributed by atoms with van der Waals surface area (Å²) in [4.78, 5) is 16.4. The summed E-state index contributed by atoms with van der Waals surface area (Å²) in [6.07, 6.45) is -3.02. The van der Waals surface area contributed by atoms with Crippen LogP contribution in [0, 0.1) is 5.82 Å². The van der Waals surface area contributed by atoms with Gasteiger partial charge >= 0.3 is 6.18 Å². The average Bonchev–Trinajstić information content (AvgIpc) is 3.29. The van der Waals surface area contributed by atoms with E-state index in [0.29, 0.717) is 22.1 Å². The molecule has 0 aliphatic heterocycles. The first-order valence-electron chi connectivity index (χ1n) is 10.9. The lowest BCUT2D eigenvalue weighted by molar-refractivity contribution is -0.137. The number of nitrogens with one attached hydrogen (secondary N) is 2. The van der Waals surface area contributed by atoms with Gasteiger partial charge in [0.25, 0.3) is 0 Å². The van der Waals surface area contributed by atoms with Crippen molar-refractivity contribution in [2.45, 2.75) is 19.2 Å². The van der Waals surface area contributed by atoms with E-state index in [1.807, 2.05) is 0 Å². The fourth-order valence-corrected chi connectivity index (χ4v) is 3.90. The van der Waals surface area contributed by atoms with Crippen molar-refractivity contribution in [2.75, 3.05) is 5.32 Å². The van der Waals surface area contributed by atoms with Gasteiger partial charge in [-0.25, -0.2) is 14.8 Å². The molecule has 6 nitrogen and oxygen atoms in total. The van der Waals surface area contributed by atoms with E-state index in [-0.39, 0.29) is 24.5 Å². The number of halogens is 4. The van der Waals surface area contributed by atoms with Crippen LogP contribution in [0.5, 0.6) is 5.75 Å². The molecule has 0 spiro atoms. The molecule has 0 saturated heterocycles. The Kier molecular flexibility index (Phi) is 8.14. The number of hydrogen-bond acceptors (Lipinski definition) is 6. The number of anilines is 2. The summed E-state index contributed by atoms with van der Waals surface area (Å²) in [5, 5.41) is 8.75. The van der Waals surface area contributed by atoms with Gasteiger partial charge in [0, 0.05) is 11.1 Å². The first-order valence-corrected chi connectivity index (χ1v) is 11.8. The van der Waals surface area contributed by atoms with Gasteiger partial charge in [0.2, 0.25) is 5.91 Å².